The van der Waals surface area contributed by atoms with Crippen LogP contribution in [0, 0.1) is 5.41 Å². The van der Waals surface area contributed by atoms with Crippen molar-refractivity contribution in [3.8, 4) is 5.75 Å². The number of phenols is 1. The maximum absolute atomic E-state index is 9.77. The van der Waals surface area contributed by atoms with Crippen LogP contribution in [0.25, 0.3) is 11.0 Å². The first-order chi connectivity index (χ1) is 7.08. The highest BCUT2D eigenvalue weighted by atomic mass is 16.3. The van der Waals surface area contributed by atoms with Gasteiger partial charge in [0, 0.05) is 6.07 Å². The maximum Gasteiger partial charge on any atom is 0.211 e. The van der Waals surface area contributed by atoms with Gasteiger partial charge in [-0.15, -0.1) is 0 Å². The first-order valence-electron chi connectivity index (χ1n) is 4.89. The van der Waals surface area contributed by atoms with Gasteiger partial charge in [-0.2, -0.15) is 0 Å². The van der Waals surface area contributed by atoms with E-state index in [1.807, 2.05) is 19.9 Å². The van der Waals surface area contributed by atoms with E-state index in [1.54, 1.807) is 12.1 Å². The number of hydrogen-bond acceptors (Lipinski definition) is 3. The molecule has 1 aromatic heterocycles. The summed E-state index contributed by atoms with van der Waals surface area (Å²) in [5.74, 6) is 0.532. The molecule has 0 saturated carbocycles. The predicted molar refractivity (Wildman–Crippen MR) is 57.8 cm³/mol. The van der Waals surface area contributed by atoms with Crippen LogP contribution in [0.5, 0.6) is 5.75 Å². The Balaban J connectivity index is 2.79. The van der Waals surface area contributed by atoms with Crippen LogP contribution in [-0.4, -0.2) is 5.11 Å². The second-order valence-corrected chi connectivity index (χ2v) is 3.91. The van der Waals surface area contributed by atoms with Gasteiger partial charge in [0.2, 0.25) is 5.55 Å². The predicted octanol–water partition coefficient (Wildman–Crippen LogP) is 2.74. The molecule has 1 heterocycles. The average molecular weight is 203 g/mol. The summed E-state index contributed by atoms with van der Waals surface area (Å²) in [4.78, 5) is 0. The third kappa shape index (κ3) is 1.73. The highest BCUT2D eigenvalue weighted by Crippen LogP contribution is 2.28. The lowest BCUT2D eigenvalue weighted by molar-refractivity contribution is 0.476. The molecule has 0 bridgehead atoms. The maximum atomic E-state index is 9.77. The van der Waals surface area contributed by atoms with E-state index in [4.69, 9.17) is 9.83 Å². The van der Waals surface area contributed by atoms with Crippen molar-refractivity contribution in [1.29, 1.82) is 5.41 Å². The Kier molecular flexibility index (Phi) is 2.23. The molecular formula is C12H13NO2. The third-order valence-electron chi connectivity index (χ3n) is 2.43. The Bertz CT molecular complexity index is 555. The second-order valence-electron chi connectivity index (χ2n) is 3.91. The summed E-state index contributed by atoms with van der Waals surface area (Å²) in [7, 11) is 0. The van der Waals surface area contributed by atoms with Crippen molar-refractivity contribution in [2.24, 2.45) is 0 Å². The van der Waals surface area contributed by atoms with E-state index in [0.29, 0.717) is 16.9 Å². The molecule has 3 heteroatoms. The number of phenolic OH excluding ortho intramolecular Hbond substituents is 1. The highest BCUT2D eigenvalue weighted by molar-refractivity contribution is 5.83. The summed E-state index contributed by atoms with van der Waals surface area (Å²) in [5.41, 5.74) is 1.67. The molecule has 0 saturated heterocycles. The Hall–Kier alpha value is -1.77. The summed E-state index contributed by atoms with van der Waals surface area (Å²) in [5, 5.41) is 17.8. The molecule has 0 aliphatic carbocycles. The summed E-state index contributed by atoms with van der Waals surface area (Å²) >= 11 is 0. The normalized spacial score (nSPS) is 11.1. The SMILES string of the molecule is CC(C)c1cc(O)c2ccc(=N)oc2c1. The van der Waals surface area contributed by atoms with E-state index in [0.717, 1.165) is 5.56 Å². The molecule has 0 amide bonds. The zero-order chi connectivity index (χ0) is 11.0. The Labute approximate surface area is 87.5 Å². The minimum Gasteiger partial charge on any atom is -0.507 e. The van der Waals surface area contributed by atoms with Crippen molar-refractivity contribution in [3.05, 3.63) is 35.4 Å². The van der Waals surface area contributed by atoms with E-state index in [2.05, 4.69) is 0 Å². The van der Waals surface area contributed by atoms with Crippen LogP contribution < -0.4 is 5.55 Å². The van der Waals surface area contributed by atoms with Crippen LogP contribution in [0.2, 0.25) is 0 Å². The van der Waals surface area contributed by atoms with Gasteiger partial charge in [-0.25, -0.2) is 0 Å². The van der Waals surface area contributed by atoms with Gasteiger partial charge in [-0.3, -0.25) is 5.41 Å². The third-order valence-corrected chi connectivity index (χ3v) is 2.43. The molecule has 0 aliphatic heterocycles. The van der Waals surface area contributed by atoms with E-state index in [-0.39, 0.29) is 11.3 Å². The number of aromatic hydroxyl groups is 1. The zero-order valence-corrected chi connectivity index (χ0v) is 8.74. The van der Waals surface area contributed by atoms with Gasteiger partial charge in [-0.1, -0.05) is 13.8 Å². The number of benzene rings is 1. The molecule has 0 spiro atoms. The summed E-state index contributed by atoms with van der Waals surface area (Å²) < 4.78 is 5.24. The van der Waals surface area contributed by atoms with Gasteiger partial charge in [-0.05, 0) is 29.7 Å². The van der Waals surface area contributed by atoms with E-state index in [9.17, 15) is 5.11 Å². The molecule has 1 aromatic carbocycles. The van der Waals surface area contributed by atoms with Crippen LogP contribution in [-0.2, 0) is 0 Å². The molecule has 0 unspecified atom stereocenters. The Morgan fingerprint density at radius 3 is 2.67 bits per heavy atom. The van der Waals surface area contributed by atoms with E-state index >= 15 is 0 Å². The minimum atomic E-state index is 0.0998. The first kappa shape index (κ1) is 9.77. The monoisotopic (exact) mass is 203 g/mol. The van der Waals surface area contributed by atoms with Gasteiger partial charge < -0.3 is 9.52 Å². The largest absolute Gasteiger partial charge is 0.507 e. The molecule has 0 atom stereocenters. The van der Waals surface area contributed by atoms with Crippen LogP contribution in [0.15, 0.2) is 28.7 Å². The Morgan fingerprint density at radius 2 is 2.00 bits per heavy atom. The lowest BCUT2D eigenvalue weighted by Crippen LogP contribution is -1.96. The fourth-order valence-corrected chi connectivity index (χ4v) is 1.53. The summed E-state index contributed by atoms with van der Waals surface area (Å²) in [6.07, 6.45) is 0. The van der Waals surface area contributed by atoms with Gasteiger partial charge in [0.1, 0.15) is 11.3 Å². The molecule has 3 nitrogen and oxygen atoms in total. The fraction of sp³-hybridized carbons (Fsp3) is 0.250. The smallest absolute Gasteiger partial charge is 0.211 e. The lowest BCUT2D eigenvalue weighted by atomic mass is 10.0. The van der Waals surface area contributed by atoms with Crippen LogP contribution >= 0.6 is 0 Å². The molecule has 2 aromatic rings. The summed E-state index contributed by atoms with van der Waals surface area (Å²) in [6, 6.07) is 6.83. The molecule has 0 radical (unpaired) electrons. The molecule has 2 rings (SSSR count). The number of fused-ring (bicyclic) bond motifs is 1. The van der Waals surface area contributed by atoms with E-state index in [1.165, 1.54) is 6.07 Å². The van der Waals surface area contributed by atoms with Crippen LogP contribution in [0.4, 0.5) is 0 Å². The lowest BCUT2D eigenvalue weighted by Gasteiger charge is -2.07. The van der Waals surface area contributed by atoms with Crippen molar-refractivity contribution in [2.45, 2.75) is 19.8 Å². The second kappa shape index (κ2) is 3.42. The number of nitrogens with one attached hydrogen (secondary N) is 1. The van der Waals surface area contributed by atoms with Gasteiger partial charge >= 0.3 is 0 Å². The summed E-state index contributed by atoms with van der Waals surface area (Å²) in [6.45, 7) is 4.09. The van der Waals surface area contributed by atoms with Crippen molar-refractivity contribution >= 4 is 11.0 Å². The molecule has 0 fully saturated rings. The fourth-order valence-electron chi connectivity index (χ4n) is 1.53. The topological polar surface area (TPSA) is 57.2 Å². The number of rotatable bonds is 1. The van der Waals surface area contributed by atoms with Gasteiger partial charge in [0.05, 0.1) is 5.39 Å². The Morgan fingerprint density at radius 1 is 1.27 bits per heavy atom. The van der Waals surface area contributed by atoms with Crippen molar-refractivity contribution in [1.82, 2.24) is 0 Å². The van der Waals surface area contributed by atoms with Crippen molar-refractivity contribution < 1.29 is 9.52 Å². The number of hydrogen-bond donors (Lipinski definition) is 2. The molecule has 15 heavy (non-hydrogen) atoms. The molecule has 78 valence electrons. The van der Waals surface area contributed by atoms with Crippen LogP contribution in [0.1, 0.15) is 25.3 Å². The van der Waals surface area contributed by atoms with Crippen molar-refractivity contribution in [2.75, 3.05) is 0 Å². The first-order valence-corrected chi connectivity index (χ1v) is 4.89. The standard InChI is InChI=1S/C12H13NO2/c1-7(2)8-5-10(14)9-3-4-12(13)15-11(9)6-8/h3-7,13-14H,1-2H3. The molecular weight excluding hydrogens is 190 g/mol. The zero-order valence-electron chi connectivity index (χ0n) is 8.74. The van der Waals surface area contributed by atoms with Crippen LogP contribution in [0.3, 0.4) is 0 Å². The van der Waals surface area contributed by atoms with Gasteiger partial charge in [0.25, 0.3) is 0 Å². The highest BCUT2D eigenvalue weighted by Gasteiger charge is 2.07. The average Bonchev–Trinajstić information content (AvgIpc) is 2.16. The quantitative estimate of drug-likeness (QED) is 0.748. The van der Waals surface area contributed by atoms with Gasteiger partial charge in [0.15, 0.2) is 0 Å². The molecule has 2 N–H and O–H groups in total. The minimum absolute atomic E-state index is 0.0998. The van der Waals surface area contributed by atoms with E-state index < -0.39 is 0 Å². The van der Waals surface area contributed by atoms with Crippen molar-refractivity contribution in [3.63, 3.8) is 0 Å². The molecule has 0 aliphatic rings.